The molecule has 0 radical (unpaired) electrons. The van der Waals surface area contributed by atoms with E-state index in [2.05, 4.69) is 22.5 Å². The fraction of sp³-hybridized carbons (Fsp3) is 0.412. The highest BCUT2D eigenvalue weighted by atomic mass is 16.2. The standard InChI is InChI=1S/C17H22N4O/c1-20-12-14(11-18-20)10-17(22)21-9-5-8-16(13-21)19-15-6-3-2-4-7-15/h2-4,6-7,11-12,16,19H,5,8-10,13H2,1H3. The van der Waals surface area contributed by atoms with E-state index in [0.717, 1.165) is 37.2 Å². The van der Waals surface area contributed by atoms with E-state index in [-0.39, 0.29) is 5.91 Å². The molecule has 1 aromatic heterocycles. The third kappa shape index (κ3) is 3.67. The molecule has 0 aliphatic carbocycles. The molecule has 3 rings (SSSR count). The molecule has 5 heteroatoms. The fourth-order valence-electron chi connectivity index (χ4n) is 2.94. The molecule has 1 atom stereocenters. The molecule has 1 saturated heterocycles. The first kappa shape index (κ1) is 14.6. The number of benzene rings is 1. The molecule has 1 fully saturated rings. The monoisotopic (exact) mass is 298 g/mol. The SMILES string of the molecule is Cn1cc(CC(=O)N2CCCC(Nc3ccccc3)C2)cn1. The van der Waals surface area contributed by atoms with Crippen molar-refractivity contribution < 1.29 is 4.79 Å². The maximum Gasteiger partial charge on any atom is 0.227 e. The second-order valence-corrected chi connectivity index (χ2v) is 5.89. The Labute approximate surface area is 130 Å². The van der Waals surface area contributed by atoms with Gasteiger partial charge in [0.15, 0.2) is 0 Å². The lowest BCUT2D eigenvalue weighted by molar-refractivity contribution is -0.131. The highest BCUT2D eigenvalue weighted by Gasteiger charge is 2.23. The smallest absolute Gasteiger partial charge is 0.227 e. The number of carbonyl (C=O) groups is 1. The van der Waals surface area contributed by atoms with Crippen LogP contribution in [0, 0.1) is 0 Å². The molecule has 0 spiro atoms. The molecular weight excluding hydrogens is 276 g/mol. The van der Waals surface area contributed by atoms with Gasteiger partial charge in [0.1, 0.15) is 0 Å². The van der Waals surface area contributed by atoms with Gasteiger partial charge >= 0.3 is 0 Å². The van der Waals surface area contributed by atoms with Crippen LogP contribution in [0.5, 0.6) is 0 Å². The lowest BCUT2D eigenvalue weighted by Gasteiger charge is -2.33. The van der Waals surface area contributed by atoms with Gasteiger partial charge in [0.2, 0.25) is 5.91 Å². The molecule has 1 amide bonds. The summed E-state index contributed by atoms with van der Waals surface area (Å²) in [6.07, 6.45) is 6.25. The minimum atomic E-state index is 0.188. The third-order valence-corrected chi connectivity index (χ3v) is 4.03. The second-order valence-electron chi connectivity index (χ2n) is 5.89. The van der Waals surface area contributed by atoms with Gasteiger partial charge in [0, 0.05) is 38.1 Å². The van der Waals surface area contributed by atoms with Crippen LogP contribution < -0.4 is 5.32 Å². The van der Waals surface area contributed by atoms with Gasteiger partial charge in [-0.05, 0) is 30.5 Å². The number of rotatable bonds is 4. The molecule has 2 heterocycles. The number of hydrogen-bond acceptors (Lipinski definition) is 3. The predicted molar refractivity (Wildman–Crippen MR) is 86.6 cm³/mol. The van der Waals surface area contributed by atoms with Crippen LogP contribution in [0.15, 0.2) is 42.7 Å². The summed E-state index contributed by atoms with van der Waals surface area (Å²) >= 11 is 0. The van der Waals surface area contributed by atoms with Gasteiger partial charge in [-0.1, -0.05) is 18.2 Å². The normalized spacial score (nSPS) is 18.2. The summed E-state index contributed by atoms with van der Waals surface area (Å²) in [5, 5.41) is 7.64. The van der Waals surface area contributed by atoms with E-state index in [1.165, 1.54) is 0 Å². The van der Waals surface area contributed by atoms with Crippen molar-refractivity contribution in [2.45, 2.75) is 25.3 Å². The zero-order valence-corrected chi connectivity index (χ0v) is 12.9. The van der Waals surface area contributed by atoms with E-state index in [1.807, 2.05) is 36.3 Å². The quantitative estimate of drug-likeness (QED) is 0.940. The molecule has 5 nitrogen and oxygen atoms in total. The van der Waals surface area contributed by atoms with Gasteiger partial charge in [-0.25, -0.2) is 0 Å². The summed E-state index contributed by atoms with van der Waals surface area (Å²) in [6, 6.07) is 10.5. The molecule has 2 aromatic rings. The van der Waals surface area contributed by atoms with E-state index in [4.69, 9.17) is 0 Å². The number of likely N-dealkylation sites (tertiary alicyclic amines) is 1. The van der Waals surface area contributed by atoms with Crippen molar-refractivity contribution in [2.75, 3.05) is 18.4 Å². The van der Waals surface area contributed by atoms with Gasteiger partial charge in [-0.2, -0.15) is 5.10 Å². The topological polar surface area (TPSA) is 50.2 Å². The molecule has 0 saturated carbocycles. The predicted octanol–water partition coefficient (Wildman–Crippen LogP) is 2.07. The Morgan fingerprint density at radius 1 is 1.36 bits per heavy atom. The average Bonchev–Trinajstić information content (AvgIpc) is 2.93. The molecule has 22 heavy (non-hydrogen) atoms. The van der Waals surface area contributed by atoms with Crippen molar-refractivity contribution >= 4 is 11.6 Å². The number of aryl methyl sites for hydroxylation is 1. The van der Waals surface area contributed by atoms with Crippen molar-refractivity contribution in [1.82, 2.24) is 14.7 Å². The molecule has 0 bridgehead atoms. The van der Waals surface area contributed by atoms with Gasteiger partial charge in [0.05, 0.1) is 12.6 Å². The minimum absolute atomic E-state index is 0.188. The van der Waals surface area contributed by atoms with Crippen LogP contribution >= 0.6 is 0 Å². The van der Waals surface area contributed by atoms with Gasteiger partial charge in [-0.3, -0.25) is 9.48 Å². The average molecular weight is 298 g/mol. The number of aromatic nitrogens is 2. The first-order valence-corrected chi connectivity index (χ1v) is 7.77. The largest absolute Gasteiger partial charge is 0.381 e. The molecule has 1 aromatic carbocycles. The van der Waals surface area contributed by atoms with Crippen LogP contribution in [0.4, 0.5) is 5.69 Å². The van der Waals surface area contributed by atoms with Crippen molar-refractivity contribution in [3.05, 3.63) is 48.3 Å². The third-order valence-electron chi connectivity index (χ3n) is 4.03. The van der Waals surface area contributed by atoms with Gasteiger partial charge < -0.3 is 10.2 Å². The van der Waals surface area contributed by atoms with Crippen LogP contribution in [0.3, 0.4) is 0 Å². The number of nitrogens with one attached hydrogen (secondary N) is 1. The van der Waals surface area contributed by atoms with Crippen LogP contribution in [0.1, 0.15) is 18.4 Å². The molecular formula is C17H22N4O. The van der Waals surface area contributed by atoms with E-state index in [9.17, 15) is 4.79 Å². The Kier molecular flexibility index (Phi) is 4.42. The first-order chi connectivity index (χ1) is 10.7. The zero-order chi connectivity index (χ0) is 15.4. The molecule has 116 valence electrons. The van der Waals surface area contributed by atoms with Crippen LogP contribution in [-0.4, -0.2) is 39.7 Å². The Morgan fingerprint density at radius 3 is 2.91 bits per heavy atom. The first-order valence-electron chi connectivity index (χ1n) is 7.77. The summed E-state index contributed by atoms with van der Waals surface area (Å²) < 4.78 is 1.73. The minimum Gasteiger partial charge on any atom is -0.381 e. The van der Waals surface area contributed by atoms with Crippen molar-refractivity contribution in [3.63, 3.8) is 0 Å². The highest BCUT2D eigenvalue weighted by molar-refractivity contribution is 5.78. The van der Waals surface area contributed by atoms with Gasteiger partial charge in [0.25, 0.3) is 0 Å². The lowest BCUT2D eigenvalue weighted by Crippen LogP contribution is -2.45. The number of carbonyl (C=O) groups excluding carboxylic acids is 1. The van der Waals surface area contributed by atoms with Crippen molar-refractivity contribution in [1.29, 1.82) is 0 Å². The Hall–Kier alpha value is -2.30. The summed E-state index contributed by atoms with van der Waals surface area (Å²) in [5.41, 5.74) is 2.10. The Balaban J connectivity index is 1.57. The molecule has 1 unspecified atom stereocenters. The van der Waals surface area contributed by atoms with Crippen LogP contribution in [-0.2, 0) is 18.3 Å². The number of piperidine rings is 1. The number of hydrogen-bond donors (Lipinski definition) is 1. The van der Waals surface area contributed by atoms with Crippen molar-refractivity contribution in [2.24, 2.45) is 7.05 Å². The summed E-state index contributed by atoms with van der Waals surface area (Å²) in [5.74, 6) is 0.188. The summed E-state index contributed by atoms with van der Waals surface area (Å²) in [4.78, 5) is 14.4. The van der Waals surface area contributed by atoms with E-state index >= 15 is 0 Å². The van der Waals surface area contributed by atoms with Crippen LogP contribution in [0.25, 0.3) is 0 Å². The summed E-state index contributed by atoms with van der Waals surface area (Å²) in [7, 11) is 1.87. The second kappa shape index (κ2) is 6.64. The molecule has 1 aliphatic rings. The lowest BCUT2D eigenvalue weighted by atomic mass is 10.0. The highest BCUT2D eigenvalue weighted by Crippen LogP contribution is 2.16. The maximum absolute atomic E-state index is 12.4. The number of anilines is 1. The number of nitrogens with zero attached hydrogens (tertiary/aromatic N) is 3. The van der Waals surface area contributed by atoms with Crippen molar-refractivity contribution in [3.8, 4) is 0 Å². The maximum atomic E-state index is 12.4. The van der Waals surface area contributed by atoms with Crippen LogP contribution in [0.2, 0.25) is 0 Å². The Bertz CT molecular complexity index is 623. The molecule has 1 aliphatic heterocycles. The van der Waals surface area contributed by atoms with Gasteiger partial charge in [-0.15, -0.1) is 0 Å². The number of para-hydroxylation sites is 1. The van der Waals surface area contributed by atoms with E-state index < -0.39 is 0 Å². The zero-order valence-electron chi connectivity index (χ0n) is 12.9. The Morgan fingerprint density at radius 2 is 2.18 bits per heavy atom. The molecule has 1 N–H and O–H groups in total. The fourth-order valence-corrected chi connectivity index (χ4v) is 2.94. The van der Waals surface area contributed by atoms with E-state index in [1.54, 1.807) is 10.9 Å². The summed E-state index contributed by atoms with van der Waals surface area (Å²) in [6.45, 7) is 1.63. The number of amides is 1. The van der Waals surface area contributed by atoms with E-state index in [0.29, 0.717) is 12.5 Å².